The highest BCUT2D eigenvalue weighted by atomic mass is 19.1. The Hall–Kier alpha value is -3.61. The number of halogens is 1. The molecule has 0 radical (unpaired) electrons. The number of hydrogen-bond acceptors (Lipinski definition) is 6. The molecule has 1 aliphatic heterocycles. The summed E-state index contributed by atoms with van der Waals surface area (Å²) in [6.07, 6.45) is 0. The van der Waals surface area contributed by atoms with Crippen LogP contribution in [0.2, 0.25) is 0 Å². The number of allylic oxidation sites excluding steroid dienone is 2. The van der Waals surface area contributed by atoms with Gasteiger partial charge in [-0.15, -0.1) is 0 Å². The minimum absolute atomic E-state index is 0.0131. The second-order valence-electron chi connectivity index (χ2n) is 9.07. The van der Waals surface area contributed by atoms with Gasteiger partial charge in [0.2, 0.25) is 0 Å². The van der Waals surface area contributed by atoms with Crippen molar-refractivity contribution in [1.82, 2.24) is 5.32 Å². The van der Waals surface area contributed by atoms with Crippen molar-refractivity contribution in [2.75, 3.05) is 13.2 Å². The fourth-order valence-corrected chi connectivity index (χ4v) is 4.25. The van der Waals surface area contributed by atoms with Crippen molar-refractivity contribution in [2.45, 2.75) is 47.5 Å². The fraction of sp³-hybridized carbons (Fsp3) is 0.379. The third kappa shape index (κ3) is 5.78. The molecule has 0 fully saturated rings. The van der Waals surface area contributed by atoms with Crippen molar-refractivity contribution in [3.8, 4) is 11.5 Å². The van der Waals surface area contributed by atoms with E-state index < -0.39 is 23.7 Å². The normalized spacial score (nSPS) is 14.2. The van der Waals surface area contributed by atoms with Gasteiger partial charge in [0.15, 0.2) is 11.6 Å². The second-order valence-corrected chi connectivity index (χ2v) is 9.07. The molecule has 192 valence electrons. The molecular weight excluding hydrogens is 461 g/mol. The Morgan fingerprint density at radius 3 is 1.86 bits per heavy atom. The van der Waals surface area contributed by atoms with E-state index in [-0.39, 0.29) is 30.8 Å². The number of dihydropyridines is 1. The van der Waals surface area contributed by atoms with E-state index >= 15 is 0 Å². The van der Waals surface area contributed by atoms with Gasteiger partial charge < -0.3 is 19.5 Å². The number of carbonyl (C=O) groups is 2. The number of nitrogens with one attached hydrogen (secondary N) is 1. The zero-order valence-corrected chi connectivity index (χ0v) is 21.7. The van der Waals surface area contributed by atoms with Crippen LogP contribution in [0.1, 0.15) is 53.0 Å². The number of carbonyl (C=O) groups excluding carboxylic acids is 2. The lowest BCUT2D eigenvalue weighted by atomic mass is 9.77. The predicted octanol–water partition coefficient (Wildman–Crippen LogP) is 6.25. The van der Waals surface area contributed by atoms with Gasteiger partial charge in [-0.2, -0.15) is 0 Å². The van der Waals surface area contributed by atoms with Crippen LogP contribution >= 0.6 is 0 Å². The van der Waals surface area contributed by atoms with Gasteiger partial charge in [-0.25, -0.2) is 14.0 Å². The van der Waals surface area contributed by atoms with Gasteiger partial charge >= 0.3 is 11.9 Å². The zero-order chi connectivity index (χ0) is 26.4. The molecule has 36 heavy (non-hydrogen) atoms. The van der Waals surface area contributed by atoms with Crippen LogP contribution in [-0.2, 0) is 19.1 Å². The fourth-order valence-electron chi connectivity index (χ4n) is 4.25. The summed E-state index contributed by atoms with van der Waals surface area (Å²) in [6, 6.07) is 13.2. The molecule has 1 N–H and O–H groups in total. The van der Waals surface area contributed by atoms with Crippen LogP contribution in [0.4, 0.5) is 4.39 Å². The molecular formula is C29H34FNO5. The lowest BCUT2D eigenvalue weighted by Crippen LogP contribution is -2.37. The molecule has 0 saturated heterocycles. The Kier molecular flexibility index (Phi) is 8.91. The summed E-state index contributed by atoms with van der Waals surface area (Å²) in [5.41, 5.74) is 2.44. The number of ether oxygens (including phenoxy) is 3. The van der Waals surface area contributed by atoms with Gasteiger partial charge in [0.25, 0.3) is 0 Å². The van der Waals surface area contributed by atoms with Crippen molar-refractivity contribution in [3.05, 3.63) is 82.5 Å². The molecule has 2 aromatic carbocycles. The minimum Gasteiger partial charge on any atom is -0.463 e. The van der Waals surface area contributed by atoms with E-state index in [0.29, 0.717) is 33.9 Å². The molecule has 0 saturated carbocycles. The molecule has 1 aliphatic rings. The van der Waals surface area contributed by atoms with Crippen LogP contribution in [0.5, 0.6) is 11.5 Å². The predicted molar refractivity (Wildman–Crippen MR) is 136 cm³/mol. The standard InChI is InChI=1S/C29H34FNO5/c1-7-34-28(32)24-23(19-14-15-21(30)22(16-19)36-20-12-10-9-11-13-20)25(29(33)35-8-2)27(18(5)6)31-26(24)17(3)4/h9-18,23,31H,7-8H2,1-6H3. The first-order chi connectivity index (χ1) is 17.2. The lowest BCUT2D eigenvalue weighted by Gasteiger charge is -2.35. The smallest absolute Gasteiger partial charge is 0.336 e. The third-order valence-corrected chi connectivity index (χ3v) is 5.83. The lowest BCUT2D eigenvalue weighted by molar-refractivity contribution is -0.139. The number of rotatable bonds is 9. The van der Waals surface area contributed by atoms with Crippen LogP contribution in [0, 0.1) is 17.7 Å². The maximum Gasteiger partial charge on any atom is 0.336 e. The molecule has 0 aromatic heterocycles. The van der Waals surface area contributed by atoms with Crippen molar-refractivity contribution in [3.63, 3.8) is 0 Å². The van der Waals surface area contributed by atoms with E-state index in [1.165, 1.54) is 12.1 Å². The van der Waals surface area contributed by atoms with E-state index in [1.807, 2.05) is 33.8 Å². The summed E-state index contributed by atoms with van der Waals surface area (Å²) >= 11 is 0. The molecule has 1 heterocycles. The molecule has 0 amide bonds. The van der Waals surface area contributed by atoms with Gasteiger partial charge in [-0.05, 0) is 55.5 Å². The van der Waals surface area contributed by atoms with E-state index in [2.05, 4.69) is 5.32 Å². The quantitative estimate of drug-likeness (QED) is 0.415. The summed E-state index contributed by atoms with van der Waals surface area (Å²) in [4.78, 5) is 26.7. The highest BCUT2D eigenvalue weighted by Gasteiger charge is 2.41. The van der Waals surface area contributed by atoms with Crippen molar-refractivity contribution in [2.24, 2.45) is 11.8 Å². The van der Waals surface area contributed by atoms with Crippen LogP contribution < -0.4 is 10.1 Å². The minimum atomic E-state index is -0.835. The molecule has 6 nitrogen and oxygen atoms in total. The summed E-state index contributed by atoms with van der Waals surface area (Å²) in [5, 5.41) is 3.35. The largest absolute Gasteiger partial charge is 0.463 e. The van der Waals surface area contributed by atoms with Crippen LogP contribution in [0.15, 0.2) is 71.1 Å². The van der Waals surface area contributed by atoms with Crippen molar-refractivity contribution < 1.29 is 28.2 Å². The van der Waals surface area contributed by atoms with Gasteiger partial charge in [0.05, 0.1) is 30.3 Å². The average Bonchev–Trinajstić information content (AvgIpc) is 2.84. The van der Waals surface area contributed by atoms with E-state index in [0.717, 1.165) is 0 Å². The van der Waals surface area contributed by atoms with Crippen LogP contribution in [0.3, 0.4) is 0 Å². The molecule has 0 spiro atoms. The van der Waals surface area contributed by atoms with Crippen molar-refractivity contribution >= 4 is 11.9 Å². The number of hydrogen-bond donors (Lipinski definition) is 1. The van der Waals surface area contributed by atoms with Gasteiger partial charge in [0.1, 0.15) is 5.75 Å². The maximum absolute atomic E-state index is 14.8. The van der Waals surface area contributed by atoms with E-state index in [9.17, 15) is 14.0 Å². The summed E-state index contributed by atoms with van der Waals surface area (Å²) in [5.74, 6) is -2.19. The molecule has 0 bridgehead atoms. The third-order valence-electron chi connectivity index (χ3n) is 5.83. The Bertz CT molecular complexity index is 1120. The number of para-hydroxylation sites is 1. The highest BCUT2D eigenvalue weighted by Crippen LogP contribution is 2.43. The zero-order valence-electron chi connectivity index (χ0n) is 21.7. The number of benzene rings is 2. The highest BCUT2D eigenvalue weighted by molar-refractivity contribution is 6.00. The molecule has 0 aliphatic carbocycles. The molecule has 0 unspecified atom stereocenters. The molecule has 3 rings (SSSR count). The Morgan fingerprint density at radius 2 is 1.39 bits per heavy atom. The summed E-state index contributed by atoms with van der Waals surface area (Å²) in [6.45, 7) is 11.6. The monoisotopic (exact) mass is 495 g/mol. The van der Waals surface area contributed by atoms with Crippen LogP contribution in [0.25, 0.3) is 0 Å². The average molecular weight is 496 g/mol. The maximum atomic E-state index is 14.8. The first-order valence-corrected chi connectivity index (χ1v) is 12.3. The molecule has 2 aromatic rings. The summed E-state index contributed by atoms with van der Waals surface area (Å²) in [7, 11) is 0. The topological polar surface area (TPSA) is 73.9 Å². The first-order valence-electron chi connectivity index (χ1n) is 12.3. The molecule has 0 atom stereocenters. The SMILES string of the molecule is CCOC(=O)C1=C(C(C)C)NC(C(C)C)=C(C(=O)OCC)C1c1ccc(F)c(Oc2ccccc2)c1. The van der Waals surface area contributed by atoms with E-state index in [4.69, 9.17) is 14.2 Å². The van der Waals surface area contributed by atoms with Crippen LogP contribution in [-0.4, -0.2) is 25.2 Å². The van der Waals surface area contributed by atoms with Crippen molar-refractivity contribution in [1.29, 1.82) is 0 Å². The second kappa shape index (κ2) is 11.9. The molecule has 7 heteroatoms. The van der Waals surface area contributed by atoms with E-state index in [1.54, 1.807) is 44.2 Å². The first kappa shape index (κ1) is 27.0. The Labute approximate surface area is 212 Å². The summed E-state index contributed by atoms with van der Waals surface area (Å²) < 4.78 is 31.5. The van der Waals surface area contributed by atoms with Gasteiger partial charge in [0, 0.05) is 11.4 Å². The Morgan fingerprint density at radius 1 is 0.861 bits per heavy atom. The Balaban J connectivity index is 2.28. The van der Waals surface area contributed by atoms with Gasteiger partial charge in [-0.3, -0.25) is 0 Å². The number of esters is 2. The van der Waals surface area contributed by atoms with Gasteiger partial charge in [-0.1, -0.05) is 52.0 Å².